The van der Waals surface area contributed by atoms with E-state index in [0.717, 1.165) is 28.0 Å². The Balaban J connectivity index is 1.32. The zero-order valence-corrected chi connectivity index (χ0v) is 22.2. The molecule has 8 nitrogen and oxygen atoms in total. The zero-order valence-electron chi connectivity index (χ0n) is 22.2. The van der Waals surface area contributed by atoms with Gasteiger partial charge in [0, 0.05) is 26.1 Å². The van der Waals surface area contributed by atoms with Crippen LogP contribution in [0, 0.1) is 0 Å². The highest BCUT2D eigenvalue weighted by atomic mass is 16.5. The number of carbonyl (C=O) groups excluding carboxylic acids is 2. The second-order valence-electron chi connectivity index (χ2n) is 9.41. The maximum absolute atomic E-state index is 13.5. The van der Waals surface area contributed by atoms with E-state index in [-0.39, 0.29) is 18.2 Å². The quantitative estimate of drug-likeness (QED) is 0.310. The first kappa shape index (κ1) is 28.3. The number of carbonyl (C=O) groups is 2. The molecule has 39 heavy (non-hydrogen) atoms. The van der Waals surface area contributed by atoms with Crippen LogP contribution in [0.25, 0.3) is 0 Å². The van der Waals surface area contributed by atoms with Gasteiger partial charge in [-0.05, 0) is 34.4 Å². The van der Waals surface area contributed by atoms with Gasteiger partial charge in [0.05, 0.1) is 32.8 Å². The Morgan fingerprint density at radius 3 is 2.26 bits per heavy atom. The van der Waals surface area contributed by atoms with Crippen molar-refractivity contribution in [2.24, 2.45) is 5.73 Å². The average molecular weight is 532 g/mol. The van der Waals surface area contributed by atoms with Gasteiger partial charge >= 0.3 is 0 Å². The Morgan fingerprint density at radius 2 is 1.51 bits per heavy atom. The maximum atomic E-state index is 13.5. The fourth-order valence-corrected chi connectivity index (χ4v) is 4.51. The van der Waals surface area contributed by atoms with Crippen LogP contribution in [-0.2, 0) is 45.1 Å². The first-order chi connectivity index (χ1) is 19.1. The van der Waals surface area contributed by atoms with Crippen LogP contribution in [0.2, 0.25) is 0 Å². The molecule has 0 fully saturated rings. The molecule has 1 aliphatic rings. The predicted octanol–water partition coefficient (Wildman–Crippen LogP) is 2.87. The lowest BCUT2D eigenvalue weighted by Crippen LogP contribution is -2.53. The fraction of sp³-hybridized carbons (Fsp3) is 0.355. The number of hydrogen-bond acceptors (Lipinski definition) is 6. The highest BCUT2D eigenvalue weighted by Gasteiger charge is 2.34. The molecule has 206 valence electrons. The van der Waals surface area contributed by atoms with Crippen LogP contribution in [0.3, 0.4) is 0 Å². The summed E-state index contributed by atoms with van der Waals surface area (Å²) in [6, 6.07) is 24.9. The van der Waals surface area contributed by atoms with E-state index in [1.54, 1.807) is 4.90 Å². The minimum Gasteiger partial charge on any atom is -0.489 e. The smallest absolute Gasteiger partial charge is 0.243 e. The van der Waals surface area contributed by atoms with Gasteiger partial charge in [0.15, 0.2) is 0 Å². The molecule has 3 N–H and O–H groups in total. The van der Waals surface area contributed by atoms with E-state index in [4.69, 9.17) is 19.9 Å². The van der Waals surface area contributed by atoms with Gasteiger partial charge in [-0.1, -0.05) is 66.7 Å². The molecule has 0 bridgehead atoms. The Kier molecular flexibility index (Phi) is 10.9. The number of nitrogens with zero attached hydrogens (tertiary/aromatic N) is 1. The van der Waals surface area contributed by atoms with E-state index in [1.165, 1.54) is 0 Å². The standard InChI is InChI=1S/C31H37N3O5/c32-14-16-37-18-19-38-17-15-33-31(36)29-21-26-8-4-5-9-27(26)22-34(29)30(35)20-24-10-12-28(13-11-24)39-23-25-6-2-1-3-7-25/h1-13,29H,14-23,32H2,(H,33,36). The normalized spacial score (nSPS) is 14.5. The number of fused-ring (bicyclic) bond motifs is 1. The molecule has 0 aromatic heterocycles. The fourth-order valence-electron chi connectivity index (χ4n) is 4.51. The minimum absolute atomic E-state index is 0.0871. The lowest BCUT2D eigenvalue weighted by Gasteiger charge is -2.36. The van der Waals surface area contributed by atoms with E-state index in [2.05, 4.69) is 5.32 Å². The molecule has 3 aromatic carbocycles. The third-order valence-corrected chi connectivity index (χ3v) is 6.58. The largest absolute Gasteiger partial charge is 0.489 e. The van der Waals surface area contributed by atoms with Crippen LogP contribution < -0.4 is 15.8 Å². The van der Waals surface area contributed by atoms with Crippen molar-refractivity contribution in [1.82, 2.24) is 10.2 Å². The summed E-state index contributed by atoms with van der Waals surface area (Å²) in [6.45, 7) is 3.49. The van der Waals surface area contributed by atoms with Crippen LogP contribution in [0.4, 0.5) is 0 Å². The van der Waals surface area contributed by atoms with Crippen molar-refractivity contribution in [3.63, 3.8) is 0 Å². The minimum atomic E-state index is -0.575. The molecule has 1 heterocycles. The second kappa shape index (κ2) is 15.0. The molecule has 0 saturated heterocycles. The monoisotopic (exact) mass is 531 g/mol. The summed E-state index contributed by atoms with van der Waals surface area (Å²) in [5.41, 5.74) is 9.51. The molecule has 3 aromatic rings. The van der Waals surface area contributed by atoms with Gasteiger partial charge in [-0.2, -0.15) is 0 Å². The third kappa shape index (κ3) is 8.64. The Bertz CT molecular complexity index is 1190. The van der Waals surface area contributed by atoms with Crippen LogP contribution in [0.5, 0.6) is 5.75 Å². The van der Waals surface area contributed by atoms with E-state index in [1.807, 2.05) is 78.9 Å². The topological polar surface area (TPSA) is 103 Å². The summed E-state index contributed by atoms with van der Waals surface area (Å²) in [5, 5.41) is 2.93. The summed E-state index contributed by atoms with van der Waals surface area (Å²) in [5.74, 6) is 0.480. The number of benzene rings is 3. The van der Waals surface area contributed by atoms with E-state index < -0.39 is 6.04 Å². The molecular formula is C31H37N3O5. The highest BCUT2D eigenvalue weighted by Crippen LogP contribution is 2.25. The predicted molar refractivity (Wildman–Crippen MR) is 149 cm³/mol. The zero-order chi connectivity index (χ0) is 27.3. The molecule has 4 rings (SSSR count). The van der Waals surface area contributed by atoms with Gasteiger partial charge in [-0.15, -0.1) is 0 Å². The molecule has 0 aliphatic carbocycles. The van der Waals surface area contributed by atoms with Crippen molar-refractivity contribution in [3.8, 4) is 5.75 Å². The average Bonchev–Trinajstić information content (AvgIpc) is 2.98. The van der Waals surface area contributed by atoms with Crippen molar-refractivity contribution < 1.29 is 23.8 Å². The Hall–Kier alpha value is -3.72. The van der Waals surface area contributed by atoms with Crippen LogP contribution in [0.15, 0.2) is 78.9 Å². The first-order valence-corrected chi connectivity index (χ1v) is 13.4. The maximum Gasteiger partial charge on any atom is 0.243 e. The molecule has 0 saturated carbocycles. The van der Waals surface area contributed by atoms with Gasteiger partial charge in [0.25, 0.3) is 0 Å². The van der Waals surface area contributed by atoms with Crippen molar-refractivity contribution >= 4 is 11.8 Å². The van der Waals surface area contributed by atoms with Gasteiger partial charge < -0.3 is 30.2 Å². The lowest BCUT2D eigenvalue weighted by atomic mass is 9.93. The SMILES string of the molecule is NCCOCCOCCNC(=O)C1Cc2ccccc2CN1C(=O)Cc1ccc(OCc2ccccc2)cc1. The van der Waals surface area contributed by atoms with Crippen molar-refractivity contribution in [2.75, 3.05) is 39.5 Å². The van der Waals surface area contributed by atoms with Crippen molar-refractivity contribution in [1.29, 1.82) is 0 Å². The van der Waals surface area contributed by atoms with Crippen molar-refractivity contribution in [3.05, 3.63) is 101 Å². The summed E-state index contributed by atoms with van der Waals surface area (Å²) in [4.78, 5) is 28.3. The van der Waals surface area contributed by atoms with E-state index in [9.17, 15) is 9.59 Å². The molecule has 1 aliphatic heterocycles. The molecule has 0 spiro atoms. The number of amides is 2. The highest BCUT2D eigenvalue weighted by molar-refractivity contribution is 5.89. The van der Waals surface area contributed by atoms with Crippen molar-refractivity contribution in [2.45, 2.75) is 32.0 Å². The molecule has 1 atom stereocenters. The third-order valence-electron chi connectivity index (χ3n) is 6.58. The van der Waals surface area contributed by atoms with Gasteiger partial charge in [-0.3, -0.25) is 9.59 Å². The van der Waals surface area contributed by atoms with Crippen LogP contribution in [0.1, 0.15) is 22.3 Å². The van der Waals surface area contributed by atoms with Gasteiger partial charge in [0.2, 0.25) is 11.8 Å². The summed E-state index contributed by atoms with van der Waals surface area (Å²) < 4.78 is 16.6. The lowest BCUT2D eigenvalue weighted by molar-refractivity contribution is -0.141. The Labute approximate surface area is 230 Å². The Morgan fingerprint density at radius 1 is 0.821 bits per heavy atom. The first-order valence-electron chi connectivity index (χ1n) is 13.4. The molecule has 1 unspecified atom stereocenters. The van der Waals surface area contributed by atoms with Gasteiger partial charge in [-0.25, -0.2) is 0 Å². The number of rotatable bonds is 14. The van der Waals surface area contributed by atoms with Gasteiger partial charge in [0.1, 0.15) is 18.4 Å². The number of nitrogens with one attached hydrogen (secondary N) is 1. The summed E-state index contributed by atoms with van der Waals surface area (Å²) >= 11 is 0. The van der Waals surface area contributed by atoms with Crippen LogP contribution >= 0.6 is 0 Å². The molecule has 0 radical (unpaired) electrons. The number of hydrogen-bond donors (Lipinski definition) is 2. The molecule has 2 amide bonds. The van der Waals surface area contributed by atoms with Crippen LogP contribution in [-0.4, -0.2) is 62.3 Å². The van der Waals surface area contributed by atoms with E-state index in [0.29, 0.717) is 59.1 Å². The number of nitrogens with two attached hydrogens (primary N) is 1. The molecule has 8 heteroatoms. The summed E-state index contributed by atoms with van der Waals surface area (Å²) in [6.07, 6.45) is 0.685. The van der Waals surface area contributed by atoms with E-state index >= 15 is 0 Å². The second-order valence-corrected chi connectivity index (χ2v) is 9.41. The number of ether oxygens (including phenoxy) is 3. The summed E-state index contributed by atoms with van der Waals surface area (Å²) in [7, 11) is 0. The molecular weight excluding hydrogens is 494 g/mol.